The molecule has 0 spiro atoms. The standard InChI is InChI=1S/C25H21FN2O5S/c1-34(32,33)19-10-8-18(9-11-19)27-24(16-5-2-15(3-6-16)4-13-22(29)30)23-20-12-7-17(26)14-21(20)28-25(23)31/h2-3,5-12,14,23H,4,13H2,1H3,(H,28,31)(H,29,30). The number of nitrogens with one attached hydrogen (secondary N) is 1. The average Bonchev–Trinajstić information content (AvgIpc) is 3.10. The number of carboxylic acids is 1. The van der Waals surface area contributed by atoms with Gasteiger partial charge in [0.1, 0.15) is 11.7 Å². The number of anilines is 1. The van der Waals surface area contributed by atoms with Gasteiger partial charge in [-0.3, -0.25) is 14.6 Å². The zero-order valence-corrected chi connectivity index (χ0v) is 19.0. The van der Waals surface area contributed by atoms with Crippen molar-refractivity contribution in [2.45, 2.75) is 23.7 Å². The monoisotopic (exact) mass is 480 g/mol. The molecule has 0 aromatic heterocycles. The van der Waals surface area contributed by atoms with Gasteiger partial charge in [0, 0.05) is 18.4 Å². The Balaban J connectivity index is 1.78. The average molecular weight is 481 g/mol. The van der Waals surface area contributed by atoms with E-state index < -0.39 is 27.5 Å². The van der Waals surface area contributed by atoms with E-state index in [0.717, 1.165) is 11.8 Å². The molecule has 3 aromatic carbocycles. The van der Waals surface area contributed by atoms with Crippen LogP contribution in [-0.4, -0.2) is 37.4 Å². The van der Waals surface area contributed by atoms with E-state index in [0.29, 0.717) is 34.6 Å². The number of rotatable bonds is 7. The Hall–Kier alpha value is -3.85. The van der Waals surface area contributed by atoms with Crippen LogP contribution in [0, 0.1) is 5.82 Å². The Morgan fingerprint density at radius 2 is 1.74 bits per heavy atom. The molecule has 0 aliphatic carbocycles. The Bertz CT molecular complexity index is 1400. The van der Waals surface area contributed by atoms with Gasteiger partial charge in [-0.15, -0.1) is 0 Å². The first-order chi connectivity index (χ1) is 16.1. The summed E-state index contributed by atoms with van der Waals surface area (Å²) in [4.78, 5) is 28.6. The zero-order chi connectivity index (χ0) is 24.5. The lowest BCUT2D eigenvalue weighted by atomic mass is 9.90. The van der Waals surface area contributed by atoms with Crippen LogP contribution in [0.2, 0.25) is 0 Å². The Morgan fingerprint density at radius 1 is 1.06 bits per heavy atom. The SMILES string of the molecule is CS(=O)(=O)c1ccc(N=C(c2ccc(CCC(=O)O)cc2)C2C(=O)Nc3cc(F)ccc32)cc1. The molecule has 0 fully saturated rings. The summed E-state index contributed by atoms with van der Waals surface area (Å²) in [5.41, 5.74) is 3.24. The number of halogens is 1. The fraction of sp³-hybridized carbons (Fsp3) is 0.160. The van der Waals surface area contributed by atoms with E-state index in [1.165, 1.54) is 30.3 Å². The molecule has 4 rings (SSSR count). The molecule has 1 amide bonds. The topological polar surface area (TPSA) is 113 Å². The van der Waals surface area contributed by atoms with Crippen molar-refractivity contribution in [1.29, 1.82) is 0 Å². The molecular weight excluding hydrogens is 459 g/mol. The number of amides is 1. The van der Waals surface area contributed by atoms with Gasteiger partial charge in [0.25, 0.3) is 0 Å². The molecule has 1 unspecified atom stereocenters. The first kappa shape index (κ1) is 23.3. The second-order valence-corrected chi connectivity index (χ2v) is 10.0. The van der Waals surface area contributed by atoms with Gasteiger partial charge >= 0.3 is 5.97 Å². The molecule has 1 atom stereocenters. The number of benzene rings is 3. The van der Waals surface area contributed by atoms with Crippen LogP contribution in [0.4, 0.5) is 15.8 Å². The molecule has 3 aromatic rings. The number of nitrogens with zero attached hydrogens (tertiary/aromatic N) is 1. The lowest BCUT2D eigenvalue weighted by molar-refractivity contribution is -0.137. The number of carboxylic acid groups (broad SMARTS) is 1. The molecule has 9 heteroatoms. The highest BCUT2D eigenvalue weighted by atomic mass is 32.2. The molecule has 0 bridgehead atoms. The summed E-state index contributed by atoms with van der Waals surface area (Å²) in [5, 5.41) is 11.6. The fourth-order valence-corrected chi connectivity index (χ4v) is 4.43. The summed E-state index contributed by atoms with van der Waals surface area (Å²) in [7, 11) is -3.38. The molecule has 174 valence electrons. The van der Waals surface area contributed by atoms with Crippen molar-refractivity contribution in [3.8, 4) is 0 Å². The smallest absolute Gasteiger partial charge is 0.303 e. The van der Waals surface area contributed by atoms with E-state index in [9.17, 15) is 22.4 Å². The molecule has 34 heavy (non-hydrogen) atoms. The molecule has 0 radical (unpaired) electrons. The highest BCUT2D eigenvalue weighted by Crippen LogP contribution is 2.36. The summed E-state index contributed by atoms with van der Waals surface area (Å²) >= 11 is 0. The zero-order valence-electron chi connectivity index (χ0n) is 18.2. The van der Waals surface area contributed by atoms with E-state index in [1.807, 2.05) is 0 Å². The summed E-state index contributed by atoms with van der Waals surface area (Å²) < 4.78 is 37.3. The first-order valence-electron chi connectivity index (χ1n) is 10.4. The predicted molar refractivity (Wildman–Crippen MR) is 126 cm³/mol. The first-order valence-corrected chi connectivity index (χ1v) is 12.3. The van der Waals surface area contributed by atoms with Crippen molar-refractivity contribution in [1.82, 2.24) is 0 Å². The third-order valence-corrected chi connectivity index (χ3v) is 6.64. The number of fused-ring (bicyclic) bond motifs is 1. The van der Waals surface area contributed by atoms with Crippen LogP contribution in [0.5, 0.6) is 0 Å². The summed E-state index contributed by atoms with van der Waals surface area (Å²) in [5.74, 6) is -2.54. The maximum Gasteiger partial charge on any atom is 0.303 e. The molecule has 0 saturated carbocycles. The minimum atomic E-state index is -3.38. The van der Waals surface area contributed by atoms with E-state index in [2.05, 4.69) is 10.3 Å². The van der Waals surface area contributed by atoms with E-state index in [4.69, 9.17) is 5.11 Å². The minimum Gasteiger partial charge on any atom is -0.481 e. The fourth-order valence-electron chi connectivity index (χ4n) is 3.80. The quantitative estimate of drug-likeness (QED) is 0.495. The minimum absolute atomic E-state index is 0.00303. The van der Waals surface area contributed by atoms with Crippen LogP contribution in [-0.2, 0) is 25.8 Å². The number of aliphatic carboxylic acids is 1. The summed E-state index contributed by atoms with van der Waals surface area (Å²) in [6.45, 7) is 0. The Labute approximate surface area is 195 Å². The predicted octanol–water partition coefficient (Wildman–Crippen LogP) is 4.10. The molecule has 2 N–H and O–H groups in total. The summed E-state index contributed by atoms with van der Waals surface area (Å²) in [6, 6.07) is 17.1. The van der Waals surface area contributed by atoms with Crippen LogP contribution >= 0.6 is 0 Å². The number of aliphatic imine (C=N–C) groups is 1. The van der Waals surface area contributed by atoms with Crippen LogP contribution in [0.25, 0.3) is 0 Å². The number of carbonyl (C=O) groups excluding carboxylic acids is 1. The Kier molecular flexibility index (Phi) is 6.30. The second-order valence-electron chi connectivity index (χ2n) is 8.01. The molecule has 1 aliphatic heterocycles. The van der Waals surface area contributed by atoms with Crippen LogP contribution in [0.3, 0.4) is 0 Å². The van der Waals surface area contributed by atoms with Crippen molar-refractivity contribution < 1.29 is 27.5 Å². The Morgan fingerprint density at radius 3 is 2.35 bits per heavy atom. The van der Waals surface area contributed by atoms with Crippen molar-refractivity contribution >= 4 is 38.8 Å². The van der Waals surface area contributed by atoms with Gasteiger partial charge in [-0.05, 0) is 59.5 Å². The lowest BCUT2D eigenvalue weighted by Gasteiger charge is -2.14. The van der Waals surface area contributed by atoms with Gasteiger partial charge in [0.15, 0.2) is 9.84 Å². The van der Waals surface area contributed by atoms with Gasteiger partial charge in [0.2, 0.25) is 5.91 Å². The molecule has 0 saturated heterocycles. The third kappa shape index (κ3) is 5.04. The van der Waals surface area contributed by atoms with E-state index in [1.54, 1.807) is 36.4 Å². The number of carbonyl (C=O) groups is 2. The highest BCUT2D eigenvalue weighted by Gasteiger charge is 2.35. The largest absolute Gasteiger partial charge is 0.481 e. The van der Waals surface area contributed by atoms with E-state index in [-0.39, 0.29) is 17.2 Å². The van der Waals surface area contributed by atoms with Crippen LogP contribution in [0.15, 0.2) is 76.6 Å². The molecular formula is C25H21FN2O5S. The molecule has 1 aliphatic rings. The maximum absolute atomic E-state index is 13.7. The van der Waals surface area contributed by atoms with Crippen LogP contribution < -0.4 is 5.32 Å². The van der Waals surface area contributed by atoms with Crippen molar-refractivity contribution in [2.75, 3.05) is 11.6 Å². The lowest BCUT2D eigenvalue weighted by Crippen LogP contribution is -2.22. The van der Waals surface area contributed by atoms with Gasteiger partial charge in [-0.2, -0.15) is 0 Å². The number of sulfone groups is 1. The van der Waals surface area contributed by atoms with Crippen LogP contribution in [0.1, 0.15) is 29.0 Å². The van der Waals surface area contributed by atoms with E-state index >= 15 is 0 Å². The maximum atomic E-state index is 13.7. The van der Waals surface area contributed by atoms with Gasteiger partial charge in [-0.1, -0.05) is 30.3 Å². The molecule has 1 heterocycles. The number of aryl methyl sites for hydroxylation is 1. The molecule has 7 nitrogen and oxygen atoms in total. The van der Waals surface area contributed by atoms with Crippen molar-refractivity contribution in [2.24, 2.45) is 4.99 Å². The second kappa shape index (κ2) is 9.18. The van der Waals surface area contributed by atoms with Crippen molar-refractivity contribution in [3.63, 3.8) is 0 Å². The van der Waals surface area contributed by atoms with Gasteiger partial charge in [0.05, 0.1) is 16.3 Å². The number of hydrogen-bond donors (Lipinski definition) is 2. The van der Waals surface area contributed by atoms with Gasteiger partial charge in [-0.25, -0.2) is 12.8 Å². The highest BCUT2D eigenvalue weighted by molar-refractivity contribution is 7.90. The summed E-state index contributed by atoms with van der Waals surface area (Å²) in [6.07, 6.45) is 1.47. The normalized spacial score (nSPS) is 15.6. The van der Waals surface area contributed by atoms with Crippen molar-refractivity contribution in [3.05, 3.63) is 89.2 Å². The number of hydrogen-bond acceptors (Lipinski definition) is 5. The van der Waals surface area contributed by atoms with Gasteiger partial charge < -0.3 is 10.4 Å². The third-order valence-electron chi connectivity index (χ3n) is 5.51.